The van der Waals surface area contributed by atoms with Gasteiger partial charge in [0.1, 0.15) is 11.6 Å². The predicted molar refractivity (Wildman–Crippen MR) is 140 cm³/mol. The summed E-state index contributed by atoms with van der Waals surface area (Å²) in [5.41, 5.74) is 3.49. The zero-order valence-electron chi connectivity index (χ0n) is 21.5. The fraction of sp³-hybridized carbons (Fsp3) is 0.667. The van der Waals surface area contributed by atoms with Crippen LogP contribution in [0.4, 0.5) is 0 Å². The molecule has 0 N–H and O–H groups in total. The van der Waals surface area contributed by atoms with Crippen LogP contribution in [0.15, 0.2) is 30.6 Å². The van der Waals surface area contributed by atoms with Crippen LogP contribution in [0, 0.1) is 18.8 Å². The minimum atomic E-state index is 0.717. The molecule has 1 saturated carbocycles. The lowest BCUT2D eigenvalue weighted by molar-refractivity contribution is 0.177. The van der Waals surface area contributed by atoms with Gasteiger partial charge in [0.15, 0.2) is 0 Å². The van der Waals surface area contributed by atoms with Crippen LogP contribution in [0.3, 0.4) is 0 Å². The summed E-state index contributed by atoms with van der Waals surface area (Å²) in [5, 5.41) is 0. The molecule has 1 aromatic heterocycles. The molecular formula is C30H46N2O. The Hall–Kier alpha value is -1.90. The minimum absolute atomic E-state index is 0.717. The van der Waals surface area contributed by atoms with Gasteiger partial charge in [-0.25, -0.2) is 9.97 Å². The smallest absolute Gasteiger partial charge is 0.128 e. The highest BCUT2D eigenvalue weighted by Gasteiger charge is 2.21. The zero-order chi connectivity index (χ0) is 23.3. The van der Waals surface area contributed by atoms with Gasteiger partial charge in [-0.15, -0.1) is 0 Å². The summed E-state index contributed by atoms with van der Waals surface area (Å²) in [5.74, 6) is 3.60. The van der Waals surface area contributed by atoms with Crippen molar-refractivity contribution in [3.8, 4) is 16.9 Å². The third kappa shape index (κ3) is 8.76. The molecule has 0 bridgehead atoms. The van der Waals surface area contributed by atoms with Crippen LogP contribution in [-0.2, 0) is 6.42 Å². The van der Waals surface area contributed by atoms with Gasteiger partial charge in [-0.1, -0.05) is 84.1 Å². The Labute approximate surface area is 202 Å². The van der Waals surface area contributed by atoms with Gasteiger partial charge in [-0.3, -0.25) is 0 Å². The van der Waals surface area contributed by atoms with Gasteiger partial charge in [0.05, 0.1) is 6.61 Å². The molecule has 33 heavy (non-hydrogen) atoms. The largest absolute Gasteiger partial charge is 0.493 e. The molecule has 182 valence electrons. The van der Waals surface area contributed by atoms with Crippen molar-refractivity contribution in [2.24, 2.45) is 11.8 Å². The minimum Gasteiger partial charge on any atom is -0.493 e. The molecule has 2 aromatic rings. The highest BCUT2D eigenvalue weighted by molar-refractivity contribution is 5.66. The topological polar surface area (TPSA) is 35.0 Å². The number of aryl methyl sites for hydroxylation is 2. The maximum Gasteiger partial charge on any atom is 0.128 e. The summed E-state index contributed by atoms with van der Waals surface area (Å²) in [6, 6.07) is 6.43. The van der Waals surface area contributed by atoms with Crippen molar-refractivity contribution in [3.05, 3.63) is 42.0 Å². The summed E-state index contributed by atoms with van der Waals surface area (Å²) < 4.78 is 6.22. The van der Waals surface area contributed by atoms with E-state index in [2.05, 4.69) is 48.9 Å². The summed E-state index contributed by atoms with van der Waals surface area (Å²) in [7, 11) is 0. The second kappa shape index (κ2) is 14.4. The van der Waals surface area contributed by atoms with E-state index in [1.807, 2.05) is 12.4 Å². The van der Waals surface area contributed by atoms with Gasteiger partial charge in [0.2, 0.25) is 0 Å². The molecular weight excluding hydrogens is 404 g/mol. The molecule has 1 heterocycles. The molecule has 3 rings (SSSR count). The number of unbranched alkanes of at least 4 members (excludes halogenated alkanes) is 6. The lowest BCUT2D eigenvalue weighted by Gasteiger charge is -2.28. The molecule has 0 spiro atoms. The quantitative estimate of drug-likeness (QED) is 0.270. The number of benzene rings is 1. The van der Waals surface area contributed by atoms with Gasteiger partial charge in [0, 0.05) is 24.4 Å². The van der Waals surface area contributed by atoms with E-state index < -0.39 is 0 Å². The van der Waals surface area contributed by atoms with Crippen molar-refractivity contribution in [2.45, 2.75) is 111 Å². The molecule has 0 atom stereocenters. The summed E-state index contributed by atoms with van der Waals surface area (Å²) >= 11 is 0. The fourth-order valence-corrected chi connectivity index (χ4v) is 5.19. The predicted octanol–water partition coefficient (Wildman–Crippen LogP) is 8.73. The third-order valence-corrected chi connectivity index (χ3v) is 7.36. The summed E-state index contributed by atoms with van der Waals surface area (Å²) in [6.45, 7) is 7.46. The first-order chi connectivity index (χ1) is 16.2. The van der Waals surface area contributed by atoms with E-state index in [4.69, 9.17) is 4.74 Å². The van der Waals surface area contributed by atoms with Crippen molar-refractivity contribution >= 4 is 0 Å². The maximum atomic E-state index is 6.22. The van der Waals surface area contributed by atoms with E-state index in [1.54, 1.807) is 0 Å². The first-order valence-electron chi connectivity index (χ1n) is 13.7. The van der Waals surface area contributed by atoms with Crippen LogP contribution in [0.2, 0.25) is 0 Å². The highest BCUT2D eigenvalue weighted by atomic mass is 16.5. The third-order valence-electron chi connectivity index (χ3n) is 7.36. The SMILES string of the molecule is CCCCCCCCC[C@H]1CC[C@H](COc2ccc(-c3cnc(CCC)nc3)c(C)c2)CC1. The molecule has 3 nitrogen and oxygen atoms in total. The van der Waals surface area contributed by atoms with Crippen molar-refractivity contribution in [1.29, 1.82) is 0 Å². The van der Waals surface area contributed by atoms with Gasteiger partial charge in [-0.2, -0.15) is 0 Å². The van der Waals surface area contributed by atoms with E-state index in [0.29, 0.717) is 0 Å². The number of hydrogen-bond donors (Lipinski definition) is 0. The lowest BCUT2D eigenvalue weighted by Crippen LogP contribution is -2.20. The Morgan fingerprint density at radius 3 is 2.15 bits per heavy atom. The Balaban J connectivity index is 1.36. The summed E-state index contributed by atoms with van der Waals surface area (Å²) in [4.78, 5) is 9.02. The first kappa shape index (κ1) is 25.7. The normalized spacial score (nSPS) is 18.4. The van der Waals surface area contributed by atoms with Crippen molar-refractivity contribution in [1.82, 2.24) is 9.97 Å². The monoisotopic (exact) mass is 450 g/mol. The van der Waals surface area contributed by atoms with Gasteiger partial charge in [-0.05, 0) is 61.3 Å². The van der Waals surface area contributed by atoms with Crippen LogP contribution < -0.4 is 4.74 Å². The number of aromatic nitrogens is 2. The molecule has 0 amide bonds. The maximum absolute atomic E-state index is 6.22. The fourth-order valence-electron chi connectivity index (χ4n) is 5.19. The number of hydrogen-bond acceptors (Lipinski definition) is 3. The molecule has 1 aromatic carbocycles. The number of nitrogens with zero attached hydrogens (tertiary/aromatic N) is 2. The van der Waals surface area contributed by atoms with Gasteiger partial charge < -0.3 is 4.74 Å². The van der Waals surface area contributed by atoms with Crippen LogP contribution in [-0.4, -0.2) is 16.6 Å². The number of rotatable bonds is 14. The van der Waals surface area contributed by atoms with Gasteiger partial charge in [0.25, 0.3) is 0 Å². The summed E-state index contributed by atoms with van der Waals surface area (Å²) in [6.07, 6.45) is 22.8. The zero-order valence-corrected chi connectivity index (χ0v) is 21.5. The molecule has 3 heteroatoms. The molecule has 1 aliphatic carbocycles. The van der Waals surface area contributed by atoms with E-state index >= 15 is 0 Å². The Bertz CT molecular complexity index is 793. The average Bonchev–Trinajstić information content (AvgIpc) is 2.84. The van der Waals surface area contributed by atoms with Crippen LogP contribution in [0.1, 0.15) is 109 Å². The molecule has 1 aliphatic rings. The van der Waals surface area contributed by atoms with E-state index in [9.17, 15) is 0 Å². The van der Waals surface area contributed by atoms with Crippen molar-refractivity contribution in [3.63, 3.8) is 0 Å². The second-order valence-corrected chi connectivity index (χ2v) is 10.2. The van der Waals surface area contributed by atoms with E-state index in [0.717, 1.165) is 48.4 Å². The van der Waals surface area contributed by atoms with E-state index in [1.165, 1.54) is 88.2 Å². The molecule has 0 aliphatic heterocycles. The molecule has 0 radical (unpaired) electrons. The number of ether oxygens (including phenoxy) is 1. The molecule has 1 fully saturated rings. The van der Waals surface area contributed by atoms with Crippen LogP contribution >= 0.6 is 0 Å². The first-order valence-corrected chi connectivity index (χ1v) is 13.7. The van der Waals surface area contributed by atoms with Gasteiger partial charge >= 0.3 is 0 Å². The average molecular weight is 451 g/mol. The van der Waals surface area contributed by atoms with Crippen molar-refractivity contribution < 1.29 is 4.74 Å². The Morgan fingerprint density at radius 2 is 1.48 bits per heavy atom. The standard InChI is InChI=1S/C30H46N2O/c1-4-6-7-8-9-10-11-13-25-14-16-26(17-15-25)23-33-28-18-19-29(24(3)20-28)27-21-31-30(12-5-2)32-22-27/h18-22,25-26H,4-17,23H2,1-3H3/t25-,26-. The van der Waals surface area contributed by atoms with E-state index in [-0.39, 0.29) is 0 Å². The molecule has 0 saturated heterocycles. The lowest BCUT2D eigenvalue weighted by atomic mass is 9.80. The van der Waals surface area contributed by atoms with Crippen LogP contribution in [0.25, 0.3) is 11.1 Å². The van der Waals surface area contributed by atoms with Crippen LogP contribution in [0.5, 0.6) is 5.75 Å². The molecule has 0 unspecified atom stereocenters. The van der Waals surface area contributed by atoms with Crippen molar-refractivity contribution in [2.75, 3.05) is 6.61 Å². The second-order valence-electron chi connectivity index (χ2n) is 10.2. The Kier molecular flexibility index (Phi) is 11.2. The Morgan fingerprint density at radius 1 is 0.818 bits per heavy atom. The highest BCUT2D eigenvalue weighted by Crippen LogP contribution is 2.33.